The molecule has 19 heavy (non-hydrogen) atoms. The third-order valence-corrected chi connectivity index (χ3v) is 3.21. The van der Waals surface area contributed by atoms with Gasteiger partial charge >= 0.3 is 0 Å². The maximum Gasteiger partial charge on any atom is 0.137 e. The van der Waals surface area contributed by atoms with Crippen LogP contribution in [0.1, 0.15) is 18.9 Å². The lowest BCUT2D eigenvalue weighted by Crippen LogP contribution is -2.49. The molecular formula is C14H20N4O. The van der Waals surface area contributed by atoms with Gasteiger partial charge < -0.3 is 10.4 Å². The Morgan fingerprint density at radius 2 is 2.11 bits per heavy atom. The van der Waals surface area contributed by atoms with Crippen molar-refractivity contribution in [2.75, 3.05) is 13.2 Å². The largest absolute Gasteiger partial charge is 0.394 e. The van der Waals surface area contributed by atoms with Crippen molar-refractivity contribution < 1.29 is 5.11 Å². The number of benzene rings is 1. The zero-order chi connectivity index (χ0) is 13.6. The highest BCUT2D eigenvalue weighted by Crippen LogP contribution is 2.22. The molecule has 1 aromatic heterocycles. The Balaban J connectivity index is 2.30. The molecule has 0 aliphatic carbocycles. The van der Waals surface area contributed by atoms with Crippen LogP contribution in [0.25, 0.3) is 0 Å². The third-order valence-electron chi connectivity index (χ3n) is 3.21. The van der Waals surface area contributed by atoms with E-state index < -0.39 is 5.54 Å². The van der Waals surface area contributed by atoms with E-state index in [0.717, 1.165) is 18.5 Å². The summed E-state index contributed by atoms with van der Waals surface area (Å²) < 4.78 is 1.74. The molecule has 0 fully saturated rings. The molecule has 0 bridgehead atoms. The first-order valence-electron chi connectivity index (χ1n) is 6.54. The second kappa shape index (κ2) is 6.45. The van der Waals surface area contributed by atoms with E-state index in [9.17, 15) is 5.11 Å². The predicted octanol–water partition coefficient (Wildman–Crippen LogP) is 1.17. The number of hydrogen-bond donors (Lipinski definition) is 2. The van der Waals surface area contributed by atoms with E-state index in [-0.39, 0.29) is 6.61 Å². The number of aliphatic hydroxyl groups excluding tert-OH is 1. The van der Waals surface area contributed by atoms with Gasteiger partial charge in [0.2, 0.25) is 0 Å². The van der Waals surface area contributed by atoms with Crippen LogP contribution in [0.3, 0.4) is 0 Å². The van der Waals surface area contributed by atoms with Gasteiger partial charge in [-0.05, 0) is 18.5 Å². The van der Waals surface area contributed by atoms with Gasteiger partial charge in [-0.1, -0.05) is 37.3 Å². The number of aliphatic hydroxyl groups is 1. The monoisotopic (exact) mass is 260 g/mol. The lowest BCUT2D eigenvalue weighted by Gasteiger charge is -2.33. The van der Waals surface area contributed by atoms with Gasteiger partial charge in [0.05, 0.1) is 18.7 Å². The number of aromatic nitrogens is 3. The molecule has 1 unspecified atom stereocenters. The molecule has 5 nitrogen and oxygen atoms in total. The number of hydrogen-bond acceptors (Lipinski definition) is 4. The molecule has 2 N–H and O–H groups in total. The maximum atomic E-state index is 9.93. The lowest BCUT2D eigenvalue weighted by molar-refractivity contribution is 0.138. The van der Waals surface area contributed by atoms with Gasteiger partial charge in [-0.15, -0.1) is 0 Å². The van der Waals surface area contributed by atoms with Crippen LogP contribution < -0.4 is 5.32 Å². The third kappa shape index (κ3) is 3.19. The van der Waals surface area contributed by atoms with Gasteiger partial charge in [-0.3, -0.25) is 4.68 Å². The smallest absolute Gasteiger partial charge is 0.137 e. The molecular weight excluding hydrogens is 240 g/mol. The van der Waals surface area contributed by atoms with Crippen LogP contribution in [-0.4, -0.2) is 33.0 Å². The first-order chi connectivity index (χ1) is 9.30. The van der Waals surface area contributed by atoms with Gasteiger partial charge in [-0.25, -0.2) is 4.98 Å². The summed E-state index contributed by atoms with van der Waals surface area (Å²) >= 11 is 0. The highest BCUT2D eigenvalue weighted by Gasteiger charge is 2.31. The molecule has 1 aromatic carbocycles. The Morgan fingerprint density at radius 3 is 2.68 bits per heavy atom. The van der Waals surface area contributed by atoms with Crippen molar-refractivity contribution in [2.24, 2.45) is 0 Å². The van der Waals surface area contributed by atoms with E-state index in [1.165, 1.54) is 6.33 Å². The van der Waals surface area contributed by atoms with Crippen LogP contribution in [0.4, 0.5) is 0 Å². The molecule has 1 atom stereocenters. The number of nitrogens with zero attached hydrogens (tertiary/aromatic N) is 3. The predicted molar refractivity (Wildman–Crippen MR) is 73.5 cm³/mol. The Morgan fingerprint density at radius 1 is 1.32 bits per heavy atom. The quantitative estimate of drug-likeness (QED) is 0.784. The van der Waals surface area contributed by atoms with E-state index >= 15 is 0 Å². The Kier molecular flexibility index (Phi) is 4.65. The molecule has 0 radical (unpaired) electrons. The summed E-state index contributed by atoms with van der Waals surface area (Å²) in [6.07, 6.45) is 4.18. The standard InChI is InChI=1S/C14H20N4O/c1-2-8-16-14(10-19,9-18-12-15-11-17-18)13-6-4-3-5-7-13/h3-7,11-12,16,19H,2,8-10H2,1H3. The fourth-order valence-electron chi connectivity index (χ4n) is 2.16. The minimum absolute atomic E-state index is 0.0108. The summed E-state index contributed by atoms with van der Waals surface area (Å²) in [4.78, 5) is 3.96. The van der Waals surface area contributed by atoms with Crippen LogP contribution in [0.5, 0.6) is 0 Å². The molecule has 0 saturated heterocycles. The number of nitrogens with one attached hydrogen (secondary N) is 1. The fourth-order valence-corrected chi connectivity index (χ4v) is 2.16. The van der Waals surface area contributed by atoms with Crippen molar-refractivity contribution in [1.82, 2.24) is 20.1 Å². The van der Waals surface area contributed by atoms with Gasteiger partial charge in [0.15, 0.2) is 0 Å². The minimum Gasteiger partial charge on any atom is -0.394 e. The van der Waals surface area contributed by atoms with Gasteiger partial charge in [0.25, 0.3) is 0 Å². The van der Waals surface area contributed by atoms with Gasteiger partial charge in [0, 0.05) is 0 Å². The molecule has 2 aromatic rings. The molecule has 0 aliphatic heterocycles. The average Bonchev–Trinajstić information content (AvgIpc) is 2.97. The first kappa shape index (κ1) is 13.7. The molecule has 1 heterocycles. The fraction of sp³-hybridized carbons (Fsp3) is 0.429. The van der Waals surface area contributed by atoms with Crippen molar-refractivity contribution in [3.8, 4) is 0 Å². The highest BCUT2D eigenvalue weighted by atomic mass is 16.3. The summed E-state index contributed by atoms with van der Waals surface area (Å²) in [5.41, 5.74) is 0.534. The van der Waals surface area contributed by atoms with E-state index in [1.807, 2.05) is 30.3 Å². The van der Waals surface area contributed by atoms with Crippen molar-refractivity contribution in [3.05, 3.63) is 48.5 Å². The SMILES string of the molecule is CCCNC(CO)(Cn1cncn1)c1ccccc1. The molecule has 5 heteroatoms. The van der Waals surface area contributed by atoms with E-state index in [0.29, 0.717) is 6.54 Å². The van der Waals surface area contributed by atoms with Crippen molar-refractivity contribution in [2.45, 2.75) is 25.4 Å². The molecule has 2 rings (SSSR count). The summed E-state index contributed by atoms with van der Waals surface area (Å²) in [6, 6.07) is 9.98. The average molecular weight is 260 g/mol. The second-order valence-corrected chi connectivity index (χ2v) is 4.63. The van der Waals surface area contributed by atoms with E-state index in [1.54, 1.807) is 11.0 Å². The zero-order valence-electron chi connectivity index (χ0n) is 11.2. The molecule has 0 amide bonds. The lowest BCUT2D eigenvalue weighted by atomic mass is 9.90. The Labute approximate surface area is 113 Å². The molecule has 102 valence electrons. The number of rotatable bonds is 7. The van der Waals surface area contributed by atoms with E-state index in [2.05, 4.69) is 22.3 Å². The zero-order valence-corrected chi connectivity index (χ0v) is 11.2. The highest BCUT2D eigenvalue weighted by molar-refractivity contribution is 5.24. The summed E-state index contributed by atoms with van der Waals surface area (Å²) in [6.45, 7) is 3.50. The van der Waals surface area contributed by atoms with E-state index in [4.69, 9.17) is 0 Å². The summed E-state index contributed by atoms with van der Waals surface area (Å²) in [5.74, 6) is 0. The summed E-state index contributed by atoms with van der Waals surface area (Å²) in [7, 11) is 0. The Hall–Kier alpha value is -1.72. The van der Waals surface area contributed by atoms with Crippen molar-refractivity contribution >= 4 is 0 Å². The topological polar surface area (TPSA) is 63.0 Å². The minimum atomic E-state index is -0.523. The van der Waals surface area contributed by atoms with Crippen LogP contribution in [0, 0.1) is 0 Å². The van der Waals surface area contributed by atoms with Crippen molar-refractivity contribution in [3.63, 3.8) is 0 Å². The molecule has 0 saturated carbocycles. The second-order valence-electron chi connectivity index (χ2n) is 4.63. The first-order valence-corrected chi connectivity index (χ1v) is 6.54. The van der Waals surface area contributed by atoms with Crippen molar-refractivity contribution in [1.29, 1.82) is 0 Å². The molecule has 0 aliphatic rings. The van der Waals surface area contributed by atoms with Crippen LogP contribution in [0.2, 0.25) is 0 Å². The van der Waals surface area contributed by atoms with Crippen LogP contribution in [-0.2, 0) is 12.1 Å². The molecule has 0 spiro atoms. The normalized spacial score (nSPS) is 14.2. The van der Waals surface area contributed by atoms with Gasteiger partial charge in [-0.2, -0.15) is 5.10 Å². The summed E-state index contributed by atoms with van der Waals surface area (Å²) in [5, 5.41) is 17.5. The Bertz CT molecular complexity index is 471. The van der Waals surface area contributed by atoms with Gasteiger partial charge in [0.1, 0.15) is 12.7 Å². The maximum absolute atomic E-state index is 9.93. The van der Waals surface area contributed by atoms with Crippen LogP contribution in [0.15, 0.2) is 43.0 Å². The van der Waals surface area contributed by atoms with Crippen LogP contribution >= 0.6 is 0 Å².